The largest absolute Gasteiger partial charge is 0.393 e. The number of epoxide rings is 1. The first-order chi connectivity index (χ1) is 5.11. The summed E-state index contributed by atoms with van der Waals surface area (Å²) in [4.78, 5) is 0. The van der Waals surface area contributed by atoms with Gasteiger partial charge in [0.15, 0.2) is 0 Å². The van der Waals surface area contributed by atoms with E-state index in [0.717, 1.165) is 6.42 Å². The van der Waals surface area contributed by atoms with Gasteiger partial charge in [-0.1, -0.05) is 13.8 Å². The summed E-state index contributed by atoms with van der Waals surface area (Å²) in [7, 11) is 0. The lowest BCUT2D eigenvalue weighted by Crippen LogP contribution is -1.93. The number of hydrogen-bond acceptors (Lipinski definition) is 2. The highest BCUT2D eigenvalue weighted by atomic mass is 16.6. The zero-order chi connectivity index (χ0) is 8.85. The predicted molar refractivity (Wildman–Crippen MR) is 46.6 cm³/mol. The number of ether oxygens (including phenoxy) is 1. The van der Waals surface area contributed by atoms with Crippen LogP contribution in [0, 0.1) is 0 Å². The minimum Gasteiger partial charge on any atom is -0.393 e. The lowest BCUT2D eigenvalue weighted by molar-refractivity contribution is 0.191. The summed E-state index contributed by atoms with van der Waals surface area (Å²) in [5, 5.41) is 8.36. The van der Waals surface area contributed by atoms with Crippen LogP contribution in [0.1, 0.15) is 40.5 Å². The van der Waals surface area contributed by atoms with Gasteiger partial charge in [0.25, 0.3) is 0 Å². The molecule has 1 aliphatic rings. The van der Waals surface area contributed by atoms with E-state index in [-0.39, 0.29) is 6.10 Å². The second-order valence-electron chi connectivity index (χ2n) is 3.05. The molecule has 1 aliphatic heterocycles. The van der Waals surface area contributed by atoms with Crippen molar-refractivity contribution in [2.24, 2.45) is 0 Å². The fourth-order valence-corrected chi connectivity index (χ4v) is 0.659. The van der Waals surface area contributed by atoms with Crippen LogP contribution in [0.2, 0.25) is 0 Å². The highest BCUT2D eigenvalue weighted by Gasteiger charge is 2.31. The molecule has 0 aromatic rings. The van der Waals surface area contributed by atoms with E-state index in [1.54, 1.807) is 6.92 Å². The van der Waals surface area contributed by atoms with E-state index in [1.165, 1.54) is 6.42 Å². The van der Waals surface area contributed by atoms with E-state index in [9.17, 15) is 0 Å². The third kappa shape index (κ3) is 6.32. The molecule has 0 aromatic carbocycles. The second-order valence-corrected chi connectivity index (χ2v) is 3.05. The maximum atomic E-state index is 8.36. The van der Waals surface area contributed by atoms with Gasteiger partial charge in [0, 0.05) is 0 Å². The molecular weight excluding hydrogens is 140 g/mol. The van der Waals surface area contributed by atoms with E-state index in [0.29, 0.717) is 12.2 Å². The molecule has 1 N–H and O–H groups in total. The van der Waals surface area contributed by atoms with Gasteiger partial charge >= 0.3 is 0 Å². The highest BCUT2D eigenvalue weighted by molar-refractivity contribution is 4.77. The fraction of sp³-hybridized carbons (Fsp3) is 1.00. The number of hydrogen-bond donors (Lipinski definition) is 1. The average Bonchev–Trinajstić information content (AvgIpc) is 2.67. The number of aliphatic hydroxyl groups is 1. The molecule has 0 amide bonds. The van der Waals surface area contributed by atoms with E-state index in [1.807, 2.05) is 6.92 Å². The van der Waals surface area contributed by atoms with Crippen LogP contribution < -0.4 is 0 Å². The van der Waals surface area contributed by atoms with Crippen molar-refractivity contribution in [2.75, 3.05) is 0 Å². The van der Waals surface area contributed by atoms with Gasteiger partial charge in [0.05, 0.1) is 18.3 Å². The lowest BCUT2D eigenvalue weighted by atomic mass is 10.3. The van der Waals surface area contributed by atoms with Crippen LogP contribution in [-0.2, 0) is 4.74 Å². The standard InChI is InChI=1S/C5H10O.C4H10O/c1-3-5-4(2)6-5;1-3-4(2)5/h4-5H,3H2,1-2H3;4-5H,3H2,1-2H3. The van der Waals surface area contributed by atoms with Crippen molar-refractivity contribution in [1.82, 2.24) is 0 Å². The third-order valence-electron chi connectivity index (χ3n) is 1.83. The summed E-state index contributed by atoms with van der Waals surface area (Å²) in [6.07, 6.45) is 3.09. The molecule has 3 atom stereocenters. The van der Waals surface area contributed by atoms with Gasteiger partial charge in [-0.3, -0.25) is 0 Å². The van der Waals surface area contributed by atoms with Gasteiger partial charge in [-0.15, -0.1) is 0 Å². The Bertz CT molecular complexity index is 89.6. The first-order valence-corrected chi connectivity index (χ1v) is 4.45. The van der Waals surface area contributed by atoms with Crippen LogP contribution in [-0.4, -0.2) is 23.4 Å². The summed E-state index contributed by atoms with van der Waals surface area (Å²) in [6, 6.07) is 0. The fourth-order valence-electron chi connectivity index (χ4n) is 0.659. The molecule has 11 heavy (non-hydrogen) atoms. The van der Waals surface area contributed by atoms with Crippen LogP contribution in [0.3, 0.4) is 0 Å². The minimum absolute atomic E-state index is 0.116. The molecule has 0 radical (unpaired) electrons. The Morgan fingerprint density at radius 1 is 1.45 bits per heavy atom. The van der Waals surface area contributed by atoms with Crippen LogP contribution in [0.15, 0.2) is 0 Å². The first kappa shape index (κ1) is 10.9. The summed E-state index contributed by atoms with van der Waals surface area (Å²) >= 11 is 0. The van der Waals surface area contributed by atoms with E-state index in [2.05, 4.69) is 13.8 Å². The maximum absolute atomic E-state index is 8.36. The van der Waals surface area contributed by atoms with Crippen LogP contribution in [0.5, 0.6) is 0 Å². The summed E-state index contributed by atoms with van der Waals surface area (Å²) in [6.45, 7) is 7.98. The molecule has 1 saturated heterocycles. The first-order valence-electron chi connectivity index (χ1n) is 4.45. The summed E-state index contributed by atoms with van der Waals surface area (Å²) in [5.74, 6) is 0. The normalized spacial score (nSPS) is 30.3. The monoisotopic (exact) mass is 160 g/mol. The highest BCUT2D eigenvalue weighted by Crippen LogP contribution is 2.23. The molecule has 68 valence electrons. The van der Waals surface area contributed by atoms with Crippen molar-refractivity contribution in [2.45, 2.75) is 58.8 Å². The summed E-state index contributed by atoms with van der Waals surface area (Å²) < 4.78 is 5.07. The van der Waals surface area contributed by atoms with Crippen LogP contribution in [0.25, 0.3) is 0 Å². The Morgan fingerprint density at radius 2 is 1.82 bits per heavy atom. The zero-order valence-corrected chi connectivity index (χ0v) is 8.00. The third-order valence-corrected chi connectivity index (χ3v) is 1.83. The van der Waals surface area contributed by atoms with Crippen LogP contribution >= 0.6 is 0 Å². The van der Waals surface area contributed by atoms with Gasteiger partial charge < -0.3 is 9.84 Å². The molecule has 0 aliphatic carbocycles. The number of aliphatic hydroxyl groups excluding tert-OH is 1. The Hall–Kier alpha value is -0.0800. The lowest BCUT2D eigenvalue weighted by Gasteiger charge is -1.90. The van der Waals surface area contributed by atoms with Crippen molar-refractivity contribution in [1.29, 1.82) is 0 Å². The molecule has 0 saturated carbocycles. The number of rotatable bonds is 2. The zero-order valence-electron chi connectivity index (χ0n) is 8.00. The molecule has 0 spiro atoms. The molecular formula is C9H20O2. The SMILES string of the molecule is CCC(C)O.CCC1OC1C. The molecule has 2 nitrogen and oxygen atoms in total. The quantitative estimate of drug-likeness (QED) is 0.626. The Labute approximate surface area is 69.6 Å². The Balaban J connectivity index is 0.000000187. The Kier molecular flexibility index (Phi) is 5.51. The van der Waals surface area contributed by atoms with E-state index in [4.69, 9.17) is 9.84 Å². The molecule has 1 heterocycles. The van der Waals surface area contributed by atoms with Crippen molar-refractivity contribution < 1.29 is 9.84 Å². The van der Waals surface area contributed by atoms with Crippen molar-refractivity contribution in [3.8, 4) is 0 Å². The van der Waals surface area contributed by atoms with Gasteiger partial charge in [-0.2, -0.15) is 0 Å². The van der Waals surface area contributed by atoms with Gasteiger partial charge in [0.2, 0.25) is 0 Å². The van der Waals surface area contributed by atoms with E-state index >= 15 is 0 Å². The molecule has 0 bridgehead atoms. The predicted octanol–water partition coefficient (Wildman–Crippen LogP) is 1.96. The van der Waals surface area contributed by atoms with Crippen molar-refractivity contribution in [3.05, 3.63) is 0 Å². The smallest absolute Gasteiger partial charge is 0.0836 e. The van der Waals surface area contributed by atoms with Crippen LogP contribution in [0.4, 0.5) is 0 Å². The second kappa shape index (κ2) is 5.56. The molecule has 1 rings (SSSR count). The van der Waals surface area contributed by atoms with E-state index < -0.39 is 0 Å². The topological polar surface area (TPSA) is 32.8 Å². The summed E-state index contributed by atoms with van der Waals surface area (Å²) in [5.41, 5.74) is 0. The minimum atomic E-state index is -0.116. The van der Waals surface area contributed by atoms with Crippen molar-refractivity contribution >= 4 is 0 Å². The molecule has 2 heteroatoms. The van der Waals surface area contributed by atoms with Gasteiger partial charge in [0.1, 0.15) is 0 Å². The average molecular weight is 160 g/mol. The van der Waals surface area contributed by atoms with Crippen molar-refractivity contribution in [3.63, 3.8) is 0 Å². The van der Waals surface area contributed by atoms with Gasteiger partial charge in [-0.25, -0.2) is 0 Å². The molecule has 3 unspecified atom stereocenters. The Morgan fingerprint density at radius 3 is 1.82 bits per heavy atom. The van der Waals surface area contributed by atoms with Gasteiger partial charge in [-0.05, 0) is 26.7 Å². The molecule has 1 fully saturated rings. The maximum Gasteiger partial charge on any atom is 0.0836 e. The molecule has 0 aromatic heterocycles.